The highest BCUT2D eigenvalue weighted by Gasteiger charge is 2.12. The van der Waals surface area contributed by atoms with Gasteiger partial charge in [0.05, 0.1) is 7.11 Å². The number of methoxy groups -OCH3 is 1. The van der Waals surface area contributed by atoms with Gasteiger partial charge in [0.25, 0.3) is 0 Å². The Morgan fingerprint density at radius 1 is 1.05 bits per heavy atom. The van der Waals surface area contributed by atoms with E-state index in [2.05, 4.69) is 6.92 Å². The van der Waals surface area contributed by atoms with Crippen LogP contribution in [0.15, 0.2) is 48.5 Å². The molecule has 3 N–H and O–H groups in total. The molecular formula is C16H20FNO. The Balaban J connectivity index is 0.00000180. The number of halogens is 1. The van der Waals surface area contributed by atoms with Gasteiger partial charge in [0.1, 0.15) is 11.6 Å². The van der Waals surface area contributed by atoms with Gasteiger partial charge >= 0.3 is 0 Å². The number of hydrogen-bond acceptors (Lipinski definition) is 2. The minimum absolute atomic E-state index is 0. The van der Waals surface area contributed by atoms with Crippen molar-refractivity contribution in [1.29, 1.82) is 0 Å². The third-order valence-electron chi connectivity index (χ3n) is 3.18. The van der Waals surface area contributed by atoms with E-state index in [1.807, 2.05) is 30.3 Å². The normalized spacial score (nSPS) is 11.5. The van der Waals surface area contributed by atoms with Crippen LogP contribution in [-0.2, 0) is 0 Å². The molecule has 102 valence electrons. The SMILES string of the molecule is CCC(c1ccc(OC)cc1)c1cccc(F)c1.N. The van der Waals surface area contributed by atoms with Gasteiger partial charge in [-0.2, -0.15) is 0 Å². The highest BCUT2D eigenvalue weighted by Crippen LogP contribution is 2.29. The molecule has 0 aliphatic heterocycles. The highest BCUT2D eigenvalue weighted by atomic mass is 19.1. The fourth-order valence-corrected chi connectivity index (χ4v) is 2.22. The van der Waals surface area contributed by atoms with Crippen LogP contribution >= 0.6 is 0 Å². The van der Waals surface area contributed by atoms with E-state index in [-0.39, 0.29) is 17.9 Å². The monoisotopic (exact) mass is 261 g/mol. The van der Waals surface area contributed by atoms with Crippen molar-refractivity contribution >= 4 is 0 Å². The Morgan fingerprint density at radius 2 is 1.74 bits per heavy atom. The van der Waals surface area contributed by atoms with Gasteiger partial charge in [0, 0.05) is 5.92 Å². The van der Waals surface area contributed by atoms with Crippen LogP contribution in [0.2, 0.25) is 0 Å². The van der Waals surface area contributed by atoms with Gasteiger partial charge in [0.2, 0.25) is 0 Å². The molecule has 0 spiro atoms. The number of ether oxygens (including phenoxy) is 1. The number of rotatable bonds is 4. The smallest absolute Gasteiger partial charge is 0.123 e. The summed E-state index contributed by atoms with van der Waals surface area (Å²) in [6.45, 7) is 2.11. The van der Waals surface area contributed by atoms with Gasteiger partial charge in [-0.25, -0.2) is 4.39 Å². The Hall–Kier alpha value is -1.87. The standard InChI is InChI=1S/C16H17FO.H3N/c1-3-16(13-5-4-6-14(17)11-13)12-7-9-15(18-2)10-8-12;/h4-11,16H,3H2,1-2H3;1H3. The van der Waals surface area contributed by atoms with E-state index in [1.165, 1.54) is 11.6 Å². The van der Waals surface area contributed by atoms with Gasteiger partial charge in [-0.1, -0.05) is 31.2 Å². The molecule has 2 aromatic rings. The molecule has 0 radical (unpaired) electrons. The second kappa shape index (κ2) is 6.90. The molecule has 0 aliphatic carbocycles. The van der Waals surface area contributed by atoms with Gasteiger partial charge in [-0.15, -0.1) is 0 Å². The van der Waals surface area contributed by atoms with Crippen LogP contribution in [0.1, 0.15) is 30.4 Å². The fraction of sp³-hybridized carbons (Fsp3) is 0.250. The van der Waals surface area contributed by atoms with Gasteiger partial charge in [0.15, 0.2) is 0 Å². The summed E-state index contributed by atoms with van der Waals surface area (Å²) in [5, 5.41) is 0. The maximum absolute atomic E-state index is 13.3. The Morgan fingerprint density at radius 3 is 2.26 bits per heavy atom. The van der Waals surface area contributed by atoms with E-state index < -0.39 is 0 Å². The number of benzene rings is 2. The van der Waals surface area contributed by atoms with Gasteiger partial charge in [-0.05, 0) is 41.8 Å². The van der Waals surface area contributed by atoms with E-state index in [9.17, 15) is 4.39 Å². The van der Waals surface area contributed by atoms with Gasteiger partial charge < -0.3 is 10.9 Å². The second-order valence-corrected chi connectivity index (χ2v) is 4.29. The maximum atomic E-state index is 13.3. The third kappa shape index (κ3) is 3.55. The zero-order valence-electron chi connectivity index (χ0n) is 11.4. The summed E-state index contributed by atoms with van der Waals surface area (Å²) in [5.41, 5.74) is 2.20. The fourth-order valence-electron chi connectivity index (χ4n) is 2.22. The molecule has 2 aromatic carbocycles. The Bertz CT molecular complexity index is 510. The summed E-state index contributed by atoms with van der Waals surface area (Å²) < 4.78 is 18.4. The molecule has 3 heteroatoms. The first kappa shape index (κ1) is 15.2. The molecule has 19 heavy (non-hydrogen) atoms. The molecule has 2 nitrogen and oxygen atoms in total. The first-order valence-corrected chi connectivity index (χ1v) is 6.14. The lowest BCUT2D eigenvalue weighted by atomic mass is 9.89. The molecule has 1 atom stereocenters. The average molecular weight is 261 g/mol. The minimum Gasteiger partial charge on any atom is -0.497 e. The van der Waals surface area contributed by atoms with Crippen LogP contribution < -0.4 is 10.9 Å². The summed E-state index contributed by atoms with van der Waals surface area (Å²) in [7, 11) is 1.65. The lowest BCUT2D eigenvalue weighted by molar-refractivity contribution is 0.414. The van der Waals surface area contributed by atoms with E-state index >= 15 is 0 Å². The molecule has 2 rings (SSSR count). The van der Waals surface area contributed by atoms with Crippen LogP contribution in [0.5, 0.6) is 5.75 Å². The van der Waals surface area contributed by atoms with E-state index in [0.717, 1.165) is 17.7 Å². The predicted octanol–water partition coefficient (Wildman–Crippen LogP) is 4.54. The lowest BCUT2D eigenvalue weighted by Gasteiger charge is -2.16. The molecule has 0 bridgehead atoms. The first-order valence-electron chi connectivity index (χ1n) is 6.14. The average Bonchev–Trinajstić information content (AvgIpc) is 2.40. The van der Waals surface area contributed by atoms with Crippen molar-refractivity contribution in [2.24, 2.45) is 0 Å². The lowest BCUT2D eigenvalue weighted by Crippen LogP contribution is -2.00. The van der Waals surface area contributed by atoms with E-state index in [1.54, 1.807) is 19.2 Å². The molecule has 0 heterocycles. The third-order valence-corrected chi connectivity index (χ3v) is 3.18. The van der Waals surface area contributed by atoms with E-state index in [0.29, 0.717) is 0 Å². The van der Waals surface area contributed by atoms with Crippen molar-refractivity contribution in [1.82, 2.24) is 6.15 Å². The highest BCUT2D eigenvalue weighted by molar-refractivity contribution is 5.36. The Kier molecular flexibility index (Phi) is 5.52. The quantitative estimate of drug-likeness (QED) is 0.878. The minimum atomic E-state index is -0.181. The van der Waals surface area contributed by atoms with Crippen molar-refractivity contribution in [3.63, 3.8) is 0 Å². The maximum Gasteiger partial charge on any atom is 0.123 e. The number of hydrogen-bond donors (Lipinski definition) is 1. The summed E-state index contributed by atoms with van der Waals surface area (Å²) in [5.74, 6) is 0.888. The molecule has 0 amide bonds. The summed E-state index contributed by atoms with van der Waals surface area (Å²) in [6.07, 6.45) is 0.940. The first-order chi connectivity index (χ1) is 8.74. The predicted molar refractivity (Wildman–Crippen MR) is 76.6 cm³/mol. The summed E-state index contributed by atoms with van der Waals surface area (Å²) >= 11 is 0. The van der Waals surface area contributed by atoms with Crippen molar-refractivity contribution in [2.45, 2.75) is 19.3 Å². The molecular weight excluding hydrogens is 241 g/mol. The summed E-state index contributed by atoms with van der Waals surface area (Å²) in [6, 6.07) is 14.8. The van der Waals surface area contributed by atoms with Crippen molar-refractivity contribution in [3.05, 3.63) is 65.5 Å². The second-order valence-electron chi connectivity index (χ2n) is 4.29. The van der Waals surface area contributed by atoms with Crippen LogP contribution in [0.4, 0.5) is 4.39 Å². The molecule has 0 saturated heterocycles. The zero-order chi connectivity index (χ0) is 13.0. The van der Waals surface area contributed by atoms with Crippen LogP contribution in [0.3, 0.4) is 0 Å². The largest absolute Gasteiger partial charge is 0.497 e. The molecule has 0 saturated carbocycles. The van der Waals surface area contributed by atoms with Crippen LogP contribution in [-0.4, -0.2) is 7.11 Å². The molecule has 1 unspecified atom stereocenters. The zero-order valence-corrected chi connectivity index (χ0v) is 11.4. The van der Waals surface area contributed by atoms with Crippen LogP contribution in [0, 0.1) is 5.82 Å². The molecule has 0 fully saturated rings. The summed E-state index contributed by atoms with van der Waals surface area (Å²) in [4.78, 5) is 0. The van der Waals surface area contributed by atoms with Gasteiger partial charge in [-0.3, -0.25) is 0 Å². The molecule has 0 aromatic heterocycles. The van der Waals surface area contributed by atoms with E-state index in [4.69, 9.17) is 4.74 Å². The topological polar surface area (TPSA) is 44.2 Å². The van der Waals surface area contributed by atoms with Crippen molar-refractivity contribution in [3.8, 4) is 5.75 Å². The molecule has 0 aliphatic rings. The Labute approximate surface area is 113 Å². The van der Waals surface area contributed by atoms with Crippen molar-refractivity contribution in [2.75, 3.05) is 7.11 Å². The van der Waals surface area contributed by atoms with Crippen LogP contribution in [0.25, 0.3) is 0 Å². The van der Waals surface area contributed by atoms with Crippen molar-refractivity contribution < 1.29 is 9.13 Å².